The molecule has 0 spiro atoms. The van der Waals surface area contributed by atoms with Gasteiger partial charge in [0.15, 0.2) is 0 Å². The van der Waals surface area contributed by atoms with E-state index < -0.39 is 11.8 Å². The number of nitrogens with zero attached hydrogens (tertiary/aromatic N) is 2. The van der Waals surface area contributed by atoms with Crippen molar-refractivity contribution in [2.45, 2.75) is 78.9 Å². The van der Waals surface area contributed by atoms with Crippen LogP contribution >= 0.6 is 0 Å². The Morgan fingerprint density at radius 1 is 1.03 bits per heavy atom. The number of hydrogen-bond acceptors (Lipinski definition) is 4. The van der Waals surface area contributed by atoms with Gasteiger partial charge in [-0.2, -0.15) is 0 Å². The van der Waals surface area contributed by atoms with E-state index in [4.69, 9.17) is 4.74 Å². The SMILES string of the molecule is CC.CC.CC(C(=O)N=O)c1ccc(N2Cc3ccc(OC4CCCC4)cc3C2=O)cc1. The van der Waals surface area contributed by atoms with E-state index in [9.17, 15) is 14.5 Å². The van der Waals surface area contributed by atoms with E-state index in [1.807, 2.05) is 45.9 Å². The molecule has 0 N–H and O–H groups in total. The second-order valence-corrected chi connectivity index (χ2v) is 7.48. The van der Waals surface area contributed by atoms with E-state index in [2.05, 4.69) is 5.18 Å². The van der Waals surface area contributed by atoms with Crippen LogP contribution < -0.4 is 9.64 Å². The molecule has 1 unspecified atom stereocenters. The second kappa shape index (κ2) is 12.1. The second-order valence-electron chi connectivity index (χ2n) is 7.48. The van der Waals surface area contributed by atoms with Gasteiger partial charge in [0.25, 0.3) is 11.8 Å². The lowest BCUT2D eigenvalue weighted by Gasteiger charge is -2.17. The highest BCUT2D eigenvalue weighted by Crippen LogP contribution is 2.33. The molecule has 6 nitrogen and oxygen atoms in total. The molecule has 1 heterocycles. The summed E-state index contributed by atoms with van der Waals surface area (Å²) in [6, 6.07) is 12.9. The summed E-state index contributed by atoms with van der Waals surface area (Å²) >= 11 is 0. The molecule has 2 aliphatic rings. The first-order valence-electron chi connectivity index (χ1n) is 11.7. The number of hydrogen-bond donors (Lipinski definition) is 0. The molecule has 32 heavy (non-hydrogen) atoms. The fraction of sp³-hybridized carbons (Fsp3) is 0.462. The van der Waals surface area contributed by atoms with Gasteiger partial charge in [-0.15, -0.1) is 4.91 Å². The number of carbonyl (C=O) groups is 2. The maximum Gasteiger partial charge on any atom is 0.293 e. The Balaban J connectivity index is 0.000000860. The Morgan fingerprint density at radius 3 is 2.25 bits per heavy atom. The summed E-state index contributed by atoms with van der Waals surface area (Å²) in [5.74, 6) is -0.594. The van der Waals surface area contributed by atoms with Gasteiger partial charge in [0.2, 0.25) is 0 Å². The van der Waals surface area contributed by atoms with E-state index in [0.717, 1.165) is 29.8 Å². The first-order chi connectivity index (χ1) is 15.6. The molecule has 2 aromatic carbocycles. The summed E-state index contributed by atoms with van der Waals surface area (Å²) in [4.78, 5) is 36.5. The molecule has 0 radical (unpaired) electrons. The van der Waals surface area contributed by atoms with Gasteiger partial charge in [-0.05, 0) is 68.0 Å². The summed E-state index contributed by atoms with van der Waals surface area (Å²) in [5.41, 5.74) is 3.10. The van der Waals surface area contributed by atoms with Crippen molar-refractivity contribution >= 4 is 17.5 Å². The molecule has 6 heteroatoms. The number of nitroso groups, excluding NO2 is 1. The van der Waals surface area contributed by atoms with Crippen molar-refractivity contribution in [2.75, 3.05) is 4.90 Å². The number of anilines is 1. The monoisotopic (exact) mass is 438 g/mol. The van der Waals surface area contributed by atoms with Gasteiger partial charge < -0.3 is 9.64 Å². The van der Waals surface area contributed by atoms with Crippen molar-refractivity contribution in [3.8, 4) is 5.75 Å². The average molecular weight is 439 g/mol. The van der Waals surface area contributed by atoms with E-state index in [1.165, 1.54) is 12.8 Å². The van der Waals surface area contributed by atoms with Crippen molar-refractivity contribution in [3.63, 3.8) is 0 Å². The molecule has 2 amide bonds. The highest BCUT2D eigenvalue weighted by molar-refractivity contribution is 6.10. The molecule has 1 aliphatic heterocycles. The van der Waals surface area contributed by atoms with Crippen LogP contribution in [0.3, 0.4) is 0 Å². The molecule has 0 saturated heterocycles. The minimum Gasteiger partial charge on any atom is -0.490 e. The number of carbonyl (C=O) groups excluding carboxylic acids is 2. The van der Waals surface area contributed by atoms with Crippen molar-refractivity contribution < 1.29 is 14.3 Å². The Labute approximate surface area is 190 Å². The molecule has 4 rings (SSSR count). The third-order valence-corrected chi connectivity index (χ3v) is 5.66. The van der Waals surface area contributed by atoms with Crippen LogP contribution in [0, 0.1) is 4.91 Å². The van der Waals surface area contributed by atoms with E-state index in [-0.39, 0.29) is 12.0 Å². The van der Waals surface area contributed by atoms with Gasteiger partial charge in [0.05, 0.1) is 18.6 Å². The van der Waals surface area contributed by atoms with Crippen LogP contribution in [0.2, 0.25) is 0 Å². The molecule has 172 valence electrons. The minimum absolute atomic E-state index is 0.0571. The zero-order valence-corrected chi connectivity index (χ0v) is 19.8. The van der Waals surface area contributed by atoms with Crippen molar-refractivity contribution in [3.05, 3.63) is 64.1 Å². The normalized spacial score (nSPS) is 15.7. The summed E-state index contributed by atoms with van der Waals surface area (Å²) < 4.78 is 6.03. The van der Waals surface area contributed by atoms with Crippen molar-refractivity contribution in [1.29, 1.82) is 0 Å². The van der Waals surface area contributed by atoms with Crippen LogP contribution in [-0.4, -0.2) is 17.9 Å². The maximum atomic E-state index is 12.9. The lowest BCUT2D eigenvalue weighted by Crippen LogP contribution is -2.23. The Bertz CT molecular complexity index is 918. The lowest BCUT2D eigenvalue weighted by molar-refractivity contribution is -0.119. The summed E-state index contributed by atoms with van der Waals surface area (Å²) in [7, 11) is 0. The maximum absolute atomic E-state index is 12.9. The van der Waals surface area contributed by atoms with E-state index >= 15 is 0 Å². The van der Waals surface area contributed by atoms with E-state index in [1.54, 1.807) is 36.1 Å². The summed E-state index contributed by atoms with van der Waals surface area (Å²) in [5, 5.41) is 2.48. The number of benzene rings is 2. The van der Waals surface area contributed by atoms with Crippen LogP contribution in [0.4, 0.5) is 5.69 Å². The number of rotatable bonds is 5. The fourth-order valence-electron chi connectivity index (χ4n) is 3.93. The topological polar surface area (TPSA) is 76.0 Å². The molecule has 1 saturated carbocycles. The molecule has 0 aromatic heterocycles. The fourth-order valence-corrected chi connectivity index (χ4v) is 3.93. The van der Waals surface area contributed by atoms with E-state index in [0.29, 0.717) is 17.7 Å². The predicted molar refractivity (Wildman–Crippen MR) is 128 cm³/mol. The van der Waals surface area contributed by atoms with Crippen LogP contribution in [0.1, 0.15) is 87.7 Å². The molecular formula is C26H34N2O4. The smallest absolute Gasteiger partial charge is 0.293 e. The number of fused-ring (bicyclic) bond motifs is 1. The first kappa shape index (κ1) is 25.2. The van der Waals surface area contributed by atoms with Crippen molar-refractivity contribution in [1.82, 2.24) is 0 Å². The zero-order chi connectivity index (χ0) is 23.7. The number of ether oxygens (including phenoxy) is 1. The zero-order valence-electron chi connectivity index (χ0n) is 19.8. The van der Waals surface area contributed by atoms with Crippen molar-refractivity contribution in [2.24, 2.45) is 5.18 Å². The van der Waals surface area contributed by atoms with Gasteiger partial charge >= 0.3 is 0 Å². The first-order valence-corrected chi connectivity index (χ1v) is 11.7. The highest BCUT2D eigenvalue weighted by Gasteiger charge is 2.29. The molecule has 0 bridgehead atoms. The largest absolute Gasteiger partial charge is 0.490 e. The molecule has 1 fully saturated rings. The summed E-state index contributed by atoms with van der Waals surface area (Å²) in [6.07, 6.45) is 4.80. The van der Waals surface area contributed by atoms with Crippen LogP contribution in [-0.2, 0) is 11.3 Å². The van der Waals surface area contributed by atoms with Crippen LogP contribution in [0.15, 0.2) is 47.6 Å². The summed E-state index contributed by atoms with van der Waals surface area (Å²) in [6.45, 7) is 10.1. The quantitative estimate of drug-likeness (QED) is 0.492. The third-order valence-electron chi connectivity index (χ3n) is 5.66. The Kier molecular flexibility index (Phi) is 9.57. The van der Waals surface area contributed by atoms with Gasteiger partial charge in [0.1, 0.15) is 5.75 Å². The van der Waals surface area contributed by atoms with Gasteiger partial charge in [0, 0.05) is 16.4 Å². The minimum atomic E-state index is -0.702. The molecule has 2 aromatic rings. The van der Waals surface area contributed by atoms with Gasteiger partial charge in [-0.3, -0.25) is 9.59 Å². The molecule has 1 aliphatic carbocycles. The van der Waals surface area contributed by atoms with Crippen LogP contribution in [0.5, 0.6) is 5.75 Å². The standard InChI is InChI=1S/C22H22N2O4.2C2H6/c1-14(21(25)23-27)15-6-9-17(10-7-15)24-13-16-8-11-19(12-20(16)22(24)26)28-18-4-2-3-5-18;2*1-2/h6-12,14,18H,2-5,13H2,1H3;2*1-2H3. The van der Waals surface area contributed by atoms with Gasteiger partial charge in [-0.1, -0.05) is 45.9 Å². The molecule has 1 atom stereocenters. The molecular weight excluding hydrogens is 404 g/mol. The van der Waals surface area contributed by atoms with Crippen LogP contribution in [0.25, 0.3) is 0 Å². The Morgan fingerprint density at radius 2 is 1.66 bits per heavy atom. The average Bonchev–Trinajstić information content (AvgIpc) is 3.48. The lowest BCUT2D eigenvalue weighted by atomic mass is 10.0. The predicted octanol–water partition coefficient (Wildman–Crippen LogP) is 6.62. The van der Waals surface area contributed by atoms with Gasteiger partial charge in [-0.25, -0.2) is 0 Å². The third kappa shape index (κ3) is 5.61. The Hall–Kier alpha value is -3.02. The number of amides is 2. The highest BCUT2D eigenvalue weighted by atomic mass is 16.5.